The molecule has 2 N–H and O–H groups in total. The van der Waals surface area contributed by atoms with Crippen molar-refractivity contribution >= 4 is 29.1 Å². The number of carbonyl (C=O) groups is 2. The largest absolute Gasteiger partial charge is 0.489 e. The molecule has 0 unspecified atom stereocenters. The lowest BCUT2D eigenvalue weighted by atomic mass is 10.1. The van der Waals surface area contributed by atoms with Crippen molar-refractivity contribution in [2.45, 2.75) is 13.0 Å². The van der Waals surface area contributed by atoms with Gasteiger partial charge in [0, 0.05) is 36.4 Å². The molecule has 0 radical (unpaired) electrons. The maximum Gasteiger partial charge on any atom is 0.255 e. The van der Waals surface area contributed by atoms with Gasteiger partial charge < -0.3 is 20.1 Å². The topological polar surface area (TPSA) is 76.7 Å². The van der Waals surface area contributed by atoms with Gasteiger partial charge in [0.25, 0.3) is 11.8 Å². The molecule has 2 amide bonds. The third-order valence-corrected chi connectivity index (χ3v) is 5.05. The highest BCUT2D eigenvalue weighted by molar-refractivity contribution is 6.31. The van der Waals surface area contributed by atoms with E-state index in [2.05, 4.69) is 10.6 Å². The van der Waals surface area contributed by atoms with Crippen molar-refractivity contribution in [2.75, 3.05) is 25.6 Å². The second-order valence-corrected chi connectivity index (χ2v) is 7.42. The predicted molar refractivity (Wildman–Crippen MR) is 125 cm³/mol. The summed E-state index contributed by atoms with van der Waals surface area (Å²) in [6.45, 7) is 1.34. The average Bonchev–Trinajstić information content (AvgIpc) is 2.82. The van der Waals surface area contributed by atoms with Crippen LogP contribution >= 0.6 is 11.6 Å². The van der Waals surface area contributed by atoms with Gasteiger partial charge in [0.1, 0.15) is 12.4 Å². The summed E-state index contributed by atoms with van der Waals surface area (Å²) >= 11 is 6.17. The summed E-state index contributed by atoms with van der Waals surface area (Å²) in [5.41, 5.74) is 2.10. The van der Waals surface area contributed by atoms with Crippen LogP contribution in [0.3, 0.4) is 0 Å². The average molecular weight is 453 g/mol. The Kier molecular flexibility index (Phi) is 8.66. The van der Waals surface area contributed by atoms with E-state index in [0.717, 1.165) is 5.56 Å². The number of para-hydroxylation sites is 1. The number of amides is 2. The molecule has 3 aromatic rings. The minimum Gasteiger partial charge on any atom is -0.489 e. The van der Waals surface area contributed by atoms with E-state index in [0.29, 0.717) is 47.2 Å². The minimum atomic E-state index is -0.340. The Morgan fingerprint density at radius 3 is 2.53 bits per heavy atom. The van der Waals surface area contributed by atoms with E-state index < -0.39 is 0 Å². The lowest BCUT2D eigenvalue weighted by molar-refractivity contribution is 0.0949. The molecule has 6 nitrogen and oxygen atoms in total. The second kappa shape index (κ2) is 11.9. The minimum absolute atomic E-state index is 0.256. The smallest absolute Gasteiger partial charge is 0.255 e. The van der Waals surface area contributed by atoms with Crippen molar-refractivity contribution in [3.63, 3.8) is 0 Å². The van der Waals surface area contributed by atoms with E-state index in [1.807, 2.05) is 18.2 Å². The third kappa shape index (κ3) is 6.57. The van der Waals surface area contributed by atoms with Crippen LogP contribution in [-0.2, 0) is 11.3 Å². The highest BCUT2D eigenvalue weighted by Gasteiger charge is 2.14. The molecule has 166 valence electrons. The number of nitrogens with one attached hydrogen (secondary N) is 2. The van der Waals surface area contributed by atoms with Crippen LogP contribution in [-0.4, -0.2) is 32.1 Å². The Hall–Kier alpha value is -3.35. The van der Waals surface area contributed by atoms with Gasteiger partial charge >= 0.3 is 0 Å². The molecule has 0 saturated carbocycles. The van der Waals surface area contributed by atoms with Crippen LogP contribution in [0, 0.1) is 0 Å². The van der Waals surface area contributed by atoms with Crippen molar-refractivity contribution in [3.05, 3.63) is 94.5 Å². The maximum absolute atomic E-state index is 12.8. The quantitative estimate of drug-likeness (QED) is 0.427. The number of hydrogen-bond acceptors (Lipinski definition) is 4. The molecular formula is C25H25ClN2O4. The number of anilines is 1. The Balaban J connectivity index is 1.65. The summed E-state index contributed by atoms with van der Waals surface area (Å²) in [6, 6.07) is 21.2. The van der Waals surface area contributed by atoms with Gasteiger partial charge in [-0.1, -0.05) is 48.0 Å². The molecule has 0 bridgehead atoms. The lowest BCUT2D eigenvalue weighted by Crippen LogP contribution is -2.26. The Labute approximate surface area is 192 Å². The normalized spacial score (nSPS) is 10.4. The van der Waals surface area contributed by atoms with E-state index >= 15 is 0 Å². The van der Waals surface area contributed by atoms with Crippen LogP contribution in [0.5, 0.6) is 5.75 Å². The maximum atomic E-state index is 12.8. The first-order valence-corrected chi connectivity index (χ1v) is 10.6. The zero-order valence-electron chi connectivity index (χ0n) is 17.8. The van der Waals surface area contributed by atoms with Gasteiger partial charge in [-0.3, -0.25) is 9.59 Å². The number of ether oxygens (including phenoxy) is 2. The summed E-state index contributed by atoms with van der Waals surface area (Å²) in [6.07, 6.45) is 0.706. The van der Waals surface area contributed by atoms with E-state index in [-0.39, 0.29) is 18.4 Å². The molecule has 7 heteroatoms. The summed E-state index contributed by atoms with van der Waals surface area (Å²) in [5, 5.41) is 6.27. The fourth-order valence-electron chi connectivity index (χ4n) is 3.00. The van der Waals surface area contributed by atoms with Crippen molar-refractivity contribution in [3.8, 4) is 5.75 Å². The third-order valence-electron chi connectivity index (χ3n) is 4.68. The van der Waals surface area contributed by atoms with E-state index in [1.165, 1.54) is 0 Å². The highest BCUT2D eigenvalue weighted by Crippen LogP contribution is 2.21. The van der Waals surface area contributed by atoms with E-state index in [1.54, 1.807) is 61.7 Å². The summed E-state index contributed by atoms with van der Waals surface area (Å²) in [7, 11) is 1.61. The Morgan fingerprint density at radius 1 is 0.938 bits per heavy atom. The Bertz CT molecular complexity index is 1070. The van der Waals surface area contributed by atoms with Gasteiger partial charge in [-0.15, -0.1) is 0 Å². The zero-order valence-corrected chi connectivity index (χ0v) is 18.5. The number of halogens is 1. The fraction of sp³-hybridized carbons (Fsp3) is 0.200. The predicted octanol–water partition coefficient (Wildman–Crippen LogP) is 4.94. The Morgan fingerprint density at radius 2 is 1.72 bits per heavy atom. The molecule has 0 aliphatic carbocycles. The zero-order chi connectivity index (χ0) is 22.8. The van der Waals surface area contributed by atoms with Crippen LogP contribution in [0.4, 0.5) is 5.69 Å². The monoisotopic (exact) mass is 452 g/mol. The molecule has 0 aromatic heterocycles. The van der Waals surface area contributed by atoms with Crippen molar-refractivity contribution in [2.24, 2.45) is 0 Å². The van der Waals surface area contributed by atoms with Crippen LogP contribution < -0.4 is 15.4 Å². The highest BCUT2D eigenvalue weighted by atomic mass is 35.5. The molecule has 3 aromatic carbocycles. The molecule has 0 atom stereocenters. The van der Waals surface area contributed by atoms with Crippen molar-refractivity contribution < 1.29 is 19.1 Å². The van der Waals surface area contributed by atoms with Crippen LogP contribution in [0.25, 0.3) is 0 Å². The molecule has 0 aliphatic heterocycles. The molecule has 0 fully saturated rings. The van der Waals surface area contributed by atoms with E-state index in [4.69, 9.17) is 21.1 Å². The number of methoxy groups -OCH3 is 1. The van der Waals surface area contributed by atoms with Gasteiger partial charge in [0.15, 0.2) is 0 Å². The molecule has 0 saturated heterocycles. The van der Waals surface area contributed by atoms with Crippen molar-refractivity contribution in [1.29, 1.82) is 0 Å². The van der Waals surface area contributed by atoms with Crippen LogP contribution in [0.1, 0.15) is 32.7 Å². The first kappa shape index (κ1) is 23.3. The summed E-state index contributed by atoms with van der Waals surface area (Å²) in [5.74, 6) is -0.0524. The second-order valence-electron chi connectivity index (χ2n) is 7.01. The van der Waals surface area contributed by atoms with Gasteiger partial charge in [0.05, 0.1) is 11.3 Å². The SMILES string of the molecule is COCCCNC(=O)c1ccccc1NC(=O)c1cccc(OCc2ccccc2Cl)c1. The molecule has 32 heavy (non-hydrogen) atoms. The van der Waals surface area contributed by atoms with Gasteiger partial charge in [-0.05, 0) is 42.8 Å². The molecule has 0 spiro atoms. The number of hydrogen-bond donors (Lipinski definition) is 2. The molecule has 3 rings (SSSR count). The number of carbonyl (C=O) groups excluding carboxylic acids is 2. The van der Waals surface area contributed by atoms with Crippen LogP contribution in [0.15, 0.2) is 72.8 Å². The van der Waals surface area contributed by atoms with Crippen molar-refractivity contribution in [1.82, 2.24) is 5.32 Å². The van der Waals surface area contributed by atoms with E-state index in [9.17, 15) is 9.59 Å². The molecule has 0 aliphatic rings. The fourth-order valence-corrected chi connectivity index (χ4v) is 3.19. The molecular weight excluding hydrogens is 428 g/mol. The standard InChI is InChI=1S/C25H25ClN2O4/c1-31-15-7-14-27-25(30)21-11-3-5-13-23(21)28-24(29)18-9-6-10-20(16-18)32-17-19-8-2-4-12-22(19)26/h2-6,8-13,16H,7,14-15,17H2,1H3,(H,27,30)(H,28,29). The lowest BCUT2D eigenvalue weighted by Gasteiger charge is -2.12. The van der Waals surface area contributed by atoms with Crippen LogP contribution in [0.2, 0.25) is 5.02 Å². The number of benzene rings is 3. The van der Waals surface area contributed by atoms with Gasteiger partial charge in [-0.25, -0.2) is 0 Å². The first-order valence-electron chi connectivity index (χ1n) is 10.2. The summed E-state index contributed by atoms with van der Waals surface area (Å²) < 4.78 is 10.8. The van der Waals surface area contributed by atoms with Gasteiger partial charge in [-0.2, -0.15) is 0 Å². The molecule has 0 heterocycles. The van der Waals surface area contributed by atoms with Gasteiger partial charge in [0.2, 0.25) is 0 Å². The summed E-state index contributed by atoms with van der Waals surface area (Å²) in [4.78, 5) is 25.3. The number of rotatable bonds is 10. The first-order chi connectivity index (χ1) is 15.6.